The van der Waals surface area contributed by atoms with E-state index in [4.69, 9.17) is 18.9 Å². The van der Waals surface area contributed by atoms with Crippen molar-refractivity contribution in [1.82, 2.24) is 21.3 Å². The van der Waals surface area contributed by atoms with Gasteiger partial charge < -0.3 is 40.2 Å². The molecular weight excluding hydrogens is 981 g/mol. The van der Waals surface area contributed by atoms with E-state index < -0.39 is 82.4 Å². The second-order valence-electron chi connectivity index (χ2n) is 18.4. The summed E-state index contributed by atoms with van der Waals surface area (Å²) in [5.41, 5.74) is -5.75. The Labute approximate surface area is 406 Å². The number of carbonyl (C=O) groups is 2. The van der Waals surface area contributed by atoms with Gasteiger partial charge in [0.1, 0.15) is 0 Å². The number of halogens is 12. The third-order valence-corrected chi connectivity index (χ3v) is 13.6. The van der Waals surface area contributed by atoms with E-state index in [1.807, 2.05) is 60.7 Å². The summed E-state index contributed by atoms with van der Waals surface area (Å²) in [6.45, 7) is 3.28. The van der Waals surface area contributed by atoms with Crippen molar-refractivity contribution in [1.29, 1.82) is 0 Å². The Bertz CT molecular complexity index is 2260. The molecule has 4 aromatic rings. The van der Waals surface area contributed by atoms with Gasteiger partial charge in [-0.2, -0.15) is 52.7 Å². The molecule has 4 heterocycles. The van der Waals surface area contributed by atoms with Gasteiger partial charge in [-0.1, -0.05) is 60.7 Å². The van der Waals surface area contributed by atoms with Crippen LogP contribution in [0.1, 0.15) is 109 Å². The summed E-state index contributed by atoms with van der Waals surface area (Å²) in [5.74, 6) is 0. The van der Waals surface area contributed by atoms with E-state index in [2.05, 4.69) is 21.3 Å². The van der Waals surface area contributed by atoms with E-state index in [1.54, 1.807) is 0 Å². The molecule has 4 fully saturated rings. The maximum atomic E-state index is 13.3. The number of carbonyl (C=O) groups excluding carboxylic acids is 2. The van der Waals surface area contributed by atoms with Crippen molar-refractivity contribution in [2.75, 3.05) is 26.4 Å². The Hall–Kier alpha value is -5.58. The van der Waals surface area contributed by atoms with Crippen molar-refractivity contribution in [3.63, 3.8) is 0 Å². The number of piperidine rings is 2. The van der Waals surface area contributed by atoms with Crippen LogP contribution in [-0.4, -0.2) is 62.8 Å². The summed E-state index contributed by atoms with van der Waals surface area (Å²) in [6, 6.07) is 20.9. The number of rotatable bonds is 10. The quantitative estimate of drug-likeness (QED) is 0.116. The average Bonchev–Trinajstić information content (AvgIpc) is 3.64. The molecule has 2 amide bonds. The number of nitrogens with one attached hydrogen (secondary N) is 4. The van der Waals surface area contributed by atoms with Crippen LogP contribution in [0.25, 0.3) is 0 Å². The molecule has 392 valence electrons. The molecule has 0 aromatic heterocycles. The van der Waals surface area contributed by atoms with Crippen molar-refractivity contribution in [3.8, 4) is 0 Å². The molecule has 22 heteroatoms. The highest BCUT2D eigenvalue weighted by Gasteiger charge is 2.46. The maximum absolute atomic E-state index is 13.3. The molecular formula is C50H52F12N4O6. The Balaban J connectivity index is 0.000000211. The van der Waals surface area contributed by atoms with E-state index in [9.17, 15) is 62.3 Å². The Morgan fingerprint density at radius 3 is 1.12 bits per heavy atom. The van der Waals surface area contributed by atoms with Gasteiger partial charge in [0.25, 0.3) is 0 Å². The highest BCUT2D eigenvalue weighted by molar-refractivity contribution is 5.68. The number of alkyl carbamates (subject to hydrolysis) is 2. The smallest absolute Gasteiger partial charge is 0.416 e. The van der Waals surface area contributed by atoms with E-state index in [0.717, 1.165) is 11.1 Å². The van der Waals surface area contributed by atoms with Gasteiger partial charge in [-0.15, -0.1) is 0 Å². The van der Waals surface area contributed by atoms with Gasteiger partial charge in [0.2, 0.25) is 0 Å². The second-order valence-corrected chi connectivity index (χ2v) is 18.4. The molecule has 0 saturated carbocycles. The fourth-order valence-corrected chi connectivity index (χ4v) is 9.62. The number of hydrogen-bond acceptors (Lipinski definition) is 8. The number of benzene rings is 4. The number of cyclic esters (lactones) is 2. The van der Waals surface area contributed by atoms with Crippen molar-refractivity contribution in [2.45, 2.75) is 125 Å². The third-order valence-electron chi connectivity index (χ3n) is 13.6. The minimum Gasteiger partial charge on any atom is -0.449 e. The largest absolute Gasteiger partial charge is 0.449 e. The highest BCUT2D eigenvalue weighted by Crippen LogP contribution is 2.42. The number of fused-ring (bicyclic) bond motifs is 2. The van der Waals surface area contributed by atoms with Crippen LogP contribution in [0.3, 0.4) is 0 Å². The lowest BCUT2D eigenvalue weighted by Crippen LogP contribution is -2.62. The summed E-state index contributed by atoms with van der Waals surface area (Å²) in [4.78, 5) is 23.6. The van der Waals surface area contributed by atoms with Gasteiger partial charge in [0.05, 0.1) is 72.0 Å². The second kappa shape index (κ2) is 21.5. The van der Waals surface area contributed by atoms with Gasteiger partial charge in [-0.05, 0) is 111 Å². The third kappa shape index (κ3) is 13.1. The summed E-state index contributed by atoms with van der Waals surface area (Å²) in [7, 11) is 0. The topological polar surface area (TPSA) is 119 Å². The standard InChI is InChI=1S/2C25H26F6N2O3/c2*1-15(16-11-18(24(26,27)28)13-19(12-16)25(29,30)31)36-14-23(17-5-3-2-4-6-17)9-7-20-21(33-23)8-10-35-22(34)32-20/h2*2-6,11-13,15,20-21,33H,7-10,14H2,1H3,(H,32,34)/t15-,20+,21?,23-;15-,20-,21?,23-/m11/s1. The lowest BCUT2D eigenvalue weighted by atomic mass is 9.78. The van der Waals surface area contributed by atoms with E-state index in [0.29, 0.717) is 62.8 Å². The van der Waals surface area contributed by atoms with Gasteiger partial charge in [-0.25, -0.2) is 9.59 Å². The molecule has 0 radical (unpaired) electrons. The first-order valence-electron chi connectivity index (χ1n) is 23.1. The molecule has 8 atom stereocenters. The molecule has 4 aliphatic rings. The lowest BCUT2D eigenvalue weighted by molar-refractivity contribution is -0.145. The molecule has 4 N–H and O–H groups in total. The van der Waals surface area contributed by atoms with Crippen molar-refractivity contribution in [3.05, 3.63) is 142 Å². The number of amides is 2. The Morgan fingerprint density at radius 1 is 0.500 bits per heavy atom. The van der Waals surface area contributed by atoms with E-state index >= 15 is 0 Å². The van der Waals surface area contributed by atoms with Crippen molar-refractivity contribution in [2.24, 2.45) is 0 Å². The molecule has 10 nitrogen and oxygen atoms in total. The molecule has 2 unspecified atom stereocenters. The first kappa shape index (κ1) is 54.2. The van der Waals surface area contributed by atoms with E-state index in [1.165, 1.54) is 13.8 Å². The highest BCUT2D eigenvalue weighted by atomic mass is 19.4. The van der Waals surface area contributed by atoms with Crippen LogP contribution in [0.4, 0.5) is 62.3 Å². The first-order valence-corrected chi connectivity index (χ1v) is 23.1. The van der Waals surface area contributed by atoms with Gasteiger partial charge in [-0.3, -0.25) is 0 Å². The number of alkyl halides is 12. The molecule has 72 heavy (non-hydrogen) atoms. The zero-order valence-corrected chi connectivity index (χ0v) is 38.8. The van der Waals surface area contributed by atoms with Gasteiger partial charge >= 0.3 is 36.9 Å². The van der Waals surface area contributed by atoms with Crippen LogP contribution in [-0.2, 0) is 54.7 Å². The maximum Gasteiger partial charge on any atom is 0.416 e. The molecule has 0 spiro atoms. The number of hydrogen-bond donors (Lipinski definition) is 4. The zero-order chi connectivity index (χ0) is 52.3. The van der Waals surface area contributed by atoms with Crippen LogP contribution in [0.5, 0.6) is 0 Å². The molecule has 4 aromatic carbocycles. The van der Waals surface area contributed by atoms with Crippen LogP contribution in [0.2, 0.25) is 0 Å². The van der Waals surface area contributed by atoms with Crippen LogP contribution >= 0.6 is 0 Å². The molecule has 8 rings (SSSR count). The SMILES string of the molecule is C[C@@H](OC[C@@]1(c2ccccc2)CC[C@@H]2NC(=O)OCCC2N1)c1cc(C(F)(F)F)cc(C(F)(F)F)c1.C[C@@H](OC[C@@]1(c2ccccc2)CC[C@H]2NC(=O)OCCC2N1)c1cc(C(F)(F)F)cc(C(F)(F)F)c1. The summed E-state index contributed by atoms with van der Waals surface area (Å²) < 4.78 is 182. The summed E-state index contributed by atoms with van der Waals surface area (Å²) in [5, 5.41) is 12.7. The molecule has 4 saturated heterocycles. The first-order chi connectivity index (χ1) is 33.7. The van der Waals surface area contributed by atoms with Crippen LogP contribution in [0, 0.1) is 0 Å². The van der Waals surface area contributed by atoms with Gasteiger partial charge in [0.15, 0.2) is 0 Å². The van der Waals surface area contributed by atoms with E-state index in [-0.39, 0.29) is 73.9 Å². The van der Waals surface area contributed by atoms with Crippen molar-refractivity contribution < 1.29 is 81.2 Å². The molecule has 4 aliphatic heterocycles. The summed E-state index contributed by atoms with van der Waals surface area (Å²) >= 11 is 0. The predicted octanol–water partition coefficient (Wildman–Crippen LogP) is 11.9. The number of ether oxygens (including phenoxy) is 4. The van der Waals surface area contributed by atoms with Crippen LogP contribution < -0.4 is 21.3 Å². The molecule has 0 bridgehead atoms. The lowest BCUT2D eigenvalue weighted by Gasteiger charge is -2.46. The monoisotopic (exact) mass is 1030 g/mol. The fourth-order valence-electron chi connectivity index (χ4n) is 9.62. The fraction of sp³-hybridized carbons (Fsp3) is 0.480. The zero-order valence-electron chi connectivity index (χ0n) is 38.8. The molecule has 0 aliphatic carbocycles. The summed E-state index contributed by atoms with van der Waals surface area (Å²) in [6.07, 6.45) is -19.6. The predicted molar refractivity (Wildman–Crippen MR) is 236 cm³/mol. The minimum absolute atomic E-state index is 0.00615. The van der Waals surface area contributed by atoms with Crippen molar-refractivity contribution >= 4 is 12.2 Å². The Kier molecular flexibility index (Phi) is 16.2. The Morgan fingerprint density at radius 2 is 0.819 bits per heavy atom. The van der Waals surface area contributed by atoms with Gasteiger partial charge in [0, 0.05) is 24.2 Å². The minimum atomic E-state index is -4.94. The average molecular weight is 1030 g/mol. The normalized spacial score (nSPS) is 25.8. The van der Waals surface area contributed by atoms with Crippen LogP contribution in [0.15, 0.2) is 97.1 Å².